The smallest absolute Gasteiger partial charge is 0.123 e. The molecule has 0 aliphatic rings. The molecule has 0 atom stereocenters. The highest BCUT2D eigenvalue weighted by molar-refractivity contribution is 5.85. The van der Waals surface area contributed by atoms with Gasteiger partial charge in [-0.3, -0.25) is 0 Å². The molecule has 4 nitrogen and oxygen atoms in total. The minimum atomic E-state index is 0. The molecule has 0 aliphatic carbocycles. The third-order valence-corrected chi connectivity index (χ3v) is 4.50. The van der Waals surface area contributed by atoms with Crippen molar-refractivity contribution in [3.8, 4) is 17.2 Å². The lowest BCUT2D eigenvalue weighted by atomic mass is 10.1. The zero-order valence-corrected chi connectivity index (χ0v) is 18.1. The molecule has 2 aromatic carbocycles. The first-order valence-electron chi connectivity index (χ1n) is 9.54. The third kappa shape index (κ3) is 7.83. The van der Waals surface area contributed by atoms with Crippen LogP contribution in [-0.2, 0) is 0 Å². The fourth-order valence-electron chi connectivity index (χ4n) is 2.81. The zero-order chi connectivity index (χ0) is 19.5. The van der Waals surface area contributed by atoms with Gasteiger partial charge in [0, 0.05) is 12.6 Å². The van der Waals surface area contributed by atoms with Gasteiger partial charge in [0.1, 0.15) is 17.2 Å². The average molecular weight is 406 g/mol. The molecule has 0 N–H and O–H groups in total. The van der Waals surface area contributed by atoms with Crippen molar-refractivity contribution in [2.45, 2.75) is 20.3 Å². The molecule has 28 heavy (non-hydrogen) atoms. The van der Waals surface area contributed by atoms with E-state index in [-0.39, 0.29) is 12.4 Å². The Kier molecular flexibility index (Phi) is 11.2. The van der Waals surface area contributed by atoms with Crippen LogP contribution in [0.1, 0.15) is 31.4 Å². The summed E-state index contributed by atoms with van der Waals surface area (Å²) in [7, 11) is 3.31. The third-order valence-electron chi connectivity index (χ3n) is 4.50. The number of ether oxygens (including phenoxy) is 3. The van der Waals surface area contributed by atoms with Crippen molar-refractivity contribution in [3.63, 3.8) is 0 Å². The van der Waals surface area contributed by atoms with Crippen LogP contribution in [0.15, 0.2) is 42.5 Å². The molecule has 0 heterocycles. The van der Waals surface area contributed by atoms with Crippen LogP contribution in [-0.4, -0.2) is 45.4 Å². The molecule has 0 saturated carbocycles. The number of methoxy groups -OCH3 is 2. The van der Waals surface area contributed by atoms with E-state index < -0.39 is 0 Å². The van der Waals surface area contributed by atoms with E-state index >= 15 is 0 Å². The van der Waals surface area contributed by atoms with Gasteiger partial charge in [-0.1, -0.05) is 38.1 Å². The Morgan fingerprint density at radius 2 is 1.36 bits per heavy atom. The SMILES string of the molecule is CCN(CC)CCCOc1ccc(/C=C/c2cc(OC)cc(OC)c2)cc1.Cl. The van der Waals surface area contributed by atoms with E-state index in [4.69, 9.17) is 14.2 Å². The highest BCUT2D eigenvalue weighted by Gasteiger charge is 2.01. The molecular weight excluding hydrogens is 374 g/mol. The molecular formula is C23H32ClNO3. The Morgan fingerprint density at radius 3 is 1.89 bits per heavy atom. The van der Waals surface area contributed by atoms with E-state index in [0.29, 0.717) is 0 Å². The van der Waals surface area contributed by atoms with Crippen LogP contribution in [0, 0.1) is 0 Å². The minimum Gasteiger partial charge on any atom is -0.497 e. The molecule has 2 aromatic rings. The van der Waals surface area contributed by atoms with Gasteiger partial charge in [0.25, 0.3) is 0 Å². The Bertz CT molecular complexity index is 690. The van der Waals surface area contributed by atoms with Crippen LogP contribution in [0.2, 0.25) is 0 Å². The molecule has 0 aliphatic heterocycles. The maximum atomic E-state index is 5.84. The second-order valence-electron chi connectivity index (χ2n) is 6.28. The Balaban J connectivity index is 0.00000392. The van der Waals surface area contributed by atoms with Crippen LogP contribution < -0.4 is 14.2 Å². The fraction of sp³-hybridized carbons (Fsp3) is 0.391. The zero-order valence-electron chi connectivity index (χ0n) is 17.3. The van der Waals surface area contributed by atoms with Gasteiger partial charge in [0.15, 0.2) is 0 Å². The largest absolute Gasteiger partial charge is 0.497 e. The molecule has 0 unspecified atom stereocenters. The fourth-order valence-corrected chi connectivity index (χ4v) is 2.81. The van der Waals surface area contributed by atoms with Gasteiger partial charge in [-0.15, -0.1) is 12.4 Å². The van der Waals surface area contributed by atoms with Crippen LogP contribution >= 0.6 is 12.4 Å². The van der Waals surface area contributed by atoms with Gasteiger partial charge in [-0.05, 0) is 54.9 Å². The summed E-state index contributed by atoms with van der Waals surface area (Å²) in [6.45, 7) is 8.40. The second kappa shape index (κ2) is 13.1. The topological polar surface area (TPSA) is 30.9 Å². The van der Waals surface area contributed by atoms with Crippen molar-refractivity contribution in [2.24, 2.45) is 0 Å². The van der Waals surface area contributed by atoms with Crippen LogP contribution in [0.4, 0.5) is 0 Å². The molecule has 5 heteroatoms. The predicted octanol–water partition coefficient (Wildman–Crippen LogP) is 5.41. The molecule has 0 spiro atoms. The first-order valence-corrected chi connectivity index (χ1v) is 9.54. The second-order valence-corrected chi connectivity index (χ2v) is 6.28. The molecule has 0 fully saturated rings. The first-order chi connectivity index (χ1) is 13.2. The Hall–Kier alpha value is -2.17. The quantitative estimate of drug-likeness (QED) is 0.369. The number of halogens is 1. The van der Waals surface area contributed by atoms with Crippen LogP contribution in [0.5, 0.6) is 17.2 Å². The molecule has 0 amide bonds. The number of hydrogen-bond donors (Lipinski definition) is 0. The van der Waals surface area contributed by atoms with E-state index in [1.807, 2.05) is 36.4 Å². The lowest BCUT2D eigenvalue weighted by Crippen LogP contribution is -2.25. The van der Waals surface area contributed by atoms with Crippen LogP contribution in [0.3, 0.4) is 0 Å². The molecule has 0 radical (unpaired) electrons. The Labute approximate surface area is 175 Å². The summed E-state index contributed by atoms with van der Waals surface area (Å²) in [4.78, 5) is 2.41. The summed E-state index contributed by atoms with van der Waals surface area (Å²) in [5.41, 5.74) is 2.15. The minimum absolute atomic E-state index is 0. The summed E-state index contributed by atoms with van der Waals surface area (Å²) in [5.74, 6) is 2.47. The summed E-state index contributed by atoms with van der Waals surface area (Å²) in [5, 5.41) is 0. The maximum Gasteiger partial charge on any atom is 0.123 e. The van der Waals surface area contributed by atoms with Crippen molar-refractivity contribution in [1.82, 2.24) is 4.90 Å². The normalized spacial score (nSPS) is 10.8. The van der Waals surface area contributed by atoms with Crippen molar-refractivity contribution < 1.29 is 14.2 Å². The van der Waals surface area contributed by atoms with Gasteiger partial charge in [0.2, 0.25) is 0 Å². The maximum absolute atomic E-state index is 5.84. The molecule has 0 saturated heterocycles. The molecule has 0 aromatic heterocycles. The van der Waals surface area contributed by atoms with Crippen molar-refractivity contribution in [1.29, 1.82) is 0 Å². The van der Waals surface area contributed by atoms with Gasteiger partial charge in [-0.2, -0.15) is 0 Å². The Morgan fingerprint density at radius 1 is 0.786 bits per heavy atom. The number of benzene rings is 2. The van der Waals surface area contributed by atoms with Gasteiger partial charge in [-0.25, -0.2) is 0 Å². The number of rotatable bonds is 11. The highest BCUT2D eigenvalue weighted by atomic mass is 35.5. The van der Waals surface area contributed by atoms with Crippen molar-refractivity contribution in [2.75, 3.05) is 40.5 Å². The van der Waals surface area contributed by atoms with Gasteiger partial charge in [0.05, 0.1) is 20.8 Å². The lowest BCUT2D eigenvalue weighted by Gasteiger charge is -2.17. The predicted molar refractivity (Wildman–Crippen MR) is 120 cm³/mol. The number of hydrogen-bond acceptors (Lipinski definition) is 4. The van der Waals surface area contributed by atoms with Crippen molar-refractivity contribution in [3.05, 3.63) is 53.6 Å². The summed E-state index contributed by atoms with van der Waals surface area (Å²) < 4.78 is 16.5. The van der Waals surface area contributed by atoms with Gasteiger partial charge < -0.3 is 19.1 Å². The van der Waals surface area contributed by atoms with E-state index in [1.165, 1.54) is 0 Å². The average Bonchev–Trinajstić information content (AvgIpc) is 2.72. The summed E-state index contributed by atoms with van der Waals surface area (Å²) >= 11 is 0. The van der Waals surface area contributed by atoms with E-state index in [9.17, 15) is 0 Å². The monoisotopic (exact) mass is 405 g/mol. The summed E-state index contributed by atoms with van der Waals surface area (Å²) in [6, 6.07) is 14.0. The van der Waals surface area contributed by atoms with Crippen molar-refractivity contribution >= 4 is 24.6 Å². The highest BCUT2D eigenvalue weighted by Crippen LogP contribution is 2.24. The van der Waals surface area contributed by atoms with E-state index in [2.05, 4.69) is 37.0 Å². The van der Waals surface area contributed by atoms with Gasteiger partial charge >= 0.3 is 0 Å². The van der Waals surface area contributed by atoms with Crippen LogP contribution in [0.25, 0.3) is 12.2 Å². The molecule has 2 rings (SSSR count). The standard InChI is InChI=1S/C23H31NO3.ClH/c1-5-24(6-2)14-7-15-27-21-12-10-19(11-13-21)8-9-20-16-22(25-3)18-23(17-20)26-4;/h8-13,16-18H,5-7,14-15H2,1-4H3;1H/b9-8+;. The lowest BCUT2D eigenvalue weighted by molar-refractivity contribution is 0.249. The number of nitrogens with zero attached hydrogens (tertiary/aromatic N) is 1. The first kappa shape index (κ1) is 23.9. The van der Waals surface area contributed by atoms with E-state index in [0.717, 1.165) is 61.0 Å². The van der Waals surface area contributed by atoms with E-state index in [1.54, 1.807) is 14.2 Å². The molecule has 0 bridgehead atoms. The molecule has 154 valence electrons. The summed E-state index contributed by atoms with van der Waals surface area (Å²) in [6.07, 6.45) is 5.16.